The summed E-state index contributed by atoms with van der Waals surface area (Å²) in [6.07, 6.45) is 0. The molecule has 0 saturated heterocycles. The van der Waals surface area contributed by atoms with Crippen LogP contribution in [0.15, 0.2) is 60.7 Å². The molecule has 1 N–H and O–H groups in total. The second kappa shape index (κ2) is 5.32. The van der Waals surface area contributed by atoms with E-state index in [0.29, 0.717) is 5.56 Å². The fourth-order valence-corrected chi connectivity index (χ4v) is 2.13. The van der Waals surface area contributed by atoms with Crippen molar-refractivity contribution in [3.8, 4) is 0 Å². The van der Waals surface area contributed by atoms with Crippen LogP contribution in [-0.2, 0) is 0 Å². The van der Waals surface area contributed by atoms with Gasteiger partial charge in [0.2, 0.25) is 0 Å². The molecule has 3 rings (SSSR count). The maximum absolute atomic E-state index is 13.5. The number of rotatable bonds is 2. The third kappa shape index (κ3) is 2.60. The van der Waals surface area contributed by atoms with Crippen LogP contribution in [-0.4, -0.2) is 5.91 Å². The minimum Gasteiger partial charge on any atom is -0.317 e. The van der Waals surface area contributed by atoms with Gasteiger partial charge in [-0.15, -0.1) is 0 Å². The highest BCUT2D eigenvalue weighted by atomic mass is 19.1. The van der Waals surface area contributed by atoms with Gasteiger partial charge < -0.3 is 5.32 Å². The van der Waals surface area contributed by atoms with E-state index in [1.807, 2.05) is 24.3 Å². The normalized spacial score (nSPS) is 10.6. The summed E-state index contributed by atoms with van der Waals surface area (Å²) >= 11 is 0. The van der Waals surface area contributed by atoms with Gasteiger partial charge in [0, 0.05) is 5.56 Å². The lowest BCUT2D eigenvalue weighted by molar-refractivity contribution is 0.102. The van der Waals surface area contributed by atoms with Gasteiger partial charge in [-0.2, -0.15) is 0 Å². The quantitative estimate of drug-likeness (QED) is 0.743. The Balaban J connectivity index is 1.94. The lowest BCUT2D eigenvalue weighted by Gasteiger charge is -2.08. The maximum atomic E-state index is 13.5. The van der Waals surface area contributed by atoms with Crippen molar-refractivity contribution in [2.24, 2.45) is 0 Å². The number of carbonyl (C=O) groups is 1. The molecule has 4 heteroatoms. The summed E-state index contributed by atoms with van der Waals surface area (Å²) in [5.41, 5.74) is -0.0907. The van der Waals surface area contributed by atoms with Crippen LogP contribution in [0.5, 0.6) is 0 Å². The Morgan fingerprint density at radius 2 is 1.48 bits per heavy atom. The van der Waals surface area contributed by atoms with Crippen molar-refractivity contribution in [1.29, 1.82) is 0 Å². The van der Waals surface area contributed by atoms with E-state index in [1.165, 1.54) is 6.07 Å². The molecule has 2 nitrogen and oxygen atoms in total. The minimum absolute atomic E-state index is 0.344. The largest absolute Gasteiger partial charge is 0.317 e. The zero-order chi connectivity index (χ0) is 14.8. The summed E-state index contributed by atoms with van der Waals surface area (Å²) in [6.45, 7) is 0. The predicted octanol–water partition coefficient (Wildman–Crippen LogP) is 4.37. The summed E-state index contributed by atoms with van der Waals surface area (Å²) in [5.74, 6) is -2.15. The Labute approximate surface area is 120 Å². The highest BCUT2D eigenvalue weighted by Gasteiger charge is 2.13. The Bertz CT molecular complexity index is 810. The summed E-state index contributed by atoms with van der Waals surface area (Å²) < 4.78 is 27.0. The zero-order valence-corrected chi connectivity index (χ0v) is 10.9. The summed E-state index contributed by atoms with van der Waals surface area (Å²) in [7, 11) is 0. The molecule has 0 radical (unpaired) electrons. The molecular formula is C17H11F2NO. The molecule has 3 aromatic rings. The van der Waals surface area contributed by atoms with Crippen LogP contribution in [0.2, 0.25) is 0 Å². The third-order valence-electron chi connectivity index (χ3n) is 3.21. The van der Waals surface area contributed by atoms with Gasteiger partial charge in [-0.3, -0.25) is 4.79 Å². The molecule has 0 atom stereocenters. The number of carbonyl (C=O) groups excluding carboxylic acids is 1. The van der Waals surface area contributed by atoms with Crippen LogP contribution >= 0.6 is 0 Å². The fourth-order valence-electron chi connectivity index (χ4n) is 2.13. The molecule has 1 amide bonds. The lowest BCUT2D eigenvalue weighted by atomic mass is 10.1. The van der Waals surface area contributed by atoms with E-state index >= 15 is 0 Å². The molecular weight excluding hydrogens is 272 g/mol. The Kier molecular flexibility index (Phi) is 3.36. The molecule has 0 unspecified atom stereocenters. The number of hydrogen-bond donors (Lipinski definition) is 1. The molecule has 0 heterocycles. The monoisotopic (exact) mass is 283 g/mol. The van der Waals surface area contributed by atoms with Crippen LogP contribution in [0, 0.1) is 11.6 Å². The van der Waals surface area contributed by atoms with Gasteiger partial charge in [0.25, 0.3) is 5.91 Å². The Hall–Kier alpha value is -2.75. The first-order valence-electron chi connectivity index (χ1n) is 6.39. The van der Waals surface area contributed by atoms with Crippen molar-refractivity contribution in [3.63, 3.8) is 0 Å². The molecule has 0 fully saturated rings. The number of amides is 1. The Morgan fingerprint density at radius 1 is 0.810 bits per heavy atom. The van der Waals surface area contributed by atoms with Crippen LogP contribution < -0.4 is 5.32 Å². The number of fused-ring (bicyclic) bond motifs is 1. The van der Waals surface area contributed by atoms with E-state index in [1.54, 1.807) is 18.2 Å². The van der Waals surface area contributed by atoms with Crippen molar-refractivity contribution in [2.45, 2.75) is 0 Å². The average Bonchev–Trinajstić information content (AvgIpc) is 2.50. The van der Waals surface area contributed by atoms with Crippen molar-refractivity contribution in [1.82, 2.24) is 0 Å². The number of hydrogen-bond acceptors (Lipinski definition) is 1. The maximum Gasteiger partial charge on any atom is 0.255 e. The molecule has 104 valence electrons. The van der Waals surface area contributed by atoms with E-state index in [4.69, 9.17) is 0 Å². The van der Waals surface area contributed by atoms with E-state index in [9.17, 15) is 13.6 Å². The first kappa shape index (κ1) is 13.2. The number of nitrogens with one attached hydrogen (secondary N) is 1. The van der Waals surface area contributed by atoms with Crippen LogP contribution in [0.25, 0.3) is 10.8 Å². The molecule has 0 aromatic heterocycles. The van der Waals surface area contributed by atoms with Gasteiger partial charge in [-0.05, 0) is 35.0 Å². The van der Waals surface area contributed by atoms with Crippen LogP contribution in [0.3, 0.4) is 0 Å². The SMILES string of the molecule is O=C(Nc1c(F)cccc1F)c1ccc2ccccc2c1. The molecule has 0 spiro atoms. The van der Waals surface area contributed by atoms with Gasteiger partial charge in [-0.1, -0.05) is 36.4 Å². The van der Waals surface area contributed by atoms with Gasteiger partial charge in [-0.25, -0.2) is 8.78 Å². The van der Waals surface area contributed by atoms with E-state index in [0.717, 1.165) is 22.9 Å². The van der Waals surface area contributed by atoms with Gasteiger partial charge in [0.1, 0.15) is 17.3 Å². The number of anilines is 1. The van der Waals surface area contributed by atoms with Crippen LogP contribution in [0.1, 0.15) is 10.4 Å². The van der Waals surface area contributed by atoms with Crippen molar-refractivity contribution < 1.29 is 13.6 Å². The minimum atomic E-state index is -0.802. The predicted molar refractivity (Wildman–Crippen MR) is 78.3 cm³/mol. The second-order valence-corrected chi connectivity index (χ2v) is 4.61. The fraction of sp³-hybridized carbons (Fsp3) is 0. The molecule has 0 aliphatic rings. The van der Waals surface area contributed by atoms with Gasteiger partial charge >= 0.3 is 0 Å². The molecule has 3 aromatic carbocycles. The highest BCUT2D eigenvalue weighted by Crippen LogP contribution is 2.20. The summed E-state index contributed by atoms with van der Waals surface area (Å²) in [5, 5.41) is 4.15. The van der Waals surface area contributed by atoms with Gasteiger partial charge in [0.05, 0.1) is 0 Å². The highest BCUT2D eigenvalue weighted by molar-refractivity contribution is 6.06. The molecule has 0 aliphatic carbocycles. The molecule has 0 bridgehead atoms. The van der Waals surface area contributed by atoms with E-state index in [-0.39, 0.29) is 0 Å². The third-order valence-corrected chi connectivity index (χ3v) is 3.21. The van der Waals surface area contributed by atoms with Crippen molar-refractivity contribution in [3.05, 3.63) is 77.9 Å². The number of benzene rings is 3. The van der Waals surface area contributed by atoms with Crippen molar-refractivity contribution in [2.75, 3.05) is 5.32 Å². The summed E-state index contributed by atoms with van der Waals surface area (Å²) in [6, 6.07) is 16.1. The second-order valence-electron chi connectivity index (χ2n) is 4.61. The van der Waals surface area contributed by atoms with Gasteiger partial charge in [0.15, 0.2) is 0 Å². The first-order chi connectivity index (χ1) is 10.1. The average molecular weight is 283 g/mol. The summed E-state index contributed by atoms with van der Waals surface area (Å²) in [4.78, 5) is 12.1. The first-order valence-corrected chi connectivity index (χ1v) is 6.39. The number of halogens is 2. The Morgan fingerprint density at radius 3 is 2.19 bits per heavy atom. The van der Waals surface area contributed by atoms with Crippen LogP contribution in [0.4, 0.5) is 14.5 Å². The molecule has 21 heavy (non-hydrogen) atoms. The van der Waals surface area contributed by atoms with Crippen molar-refractivity contribution >= 4 is 22.4 Å². The smallest absolute Gasteiger partial charge is 0.255 e. The standard InChI is InChI=1S/C17H11F2NO/c18-14-6-3-7-15(19)16(14)20-17(21)13-9-8-11-4-1-2-5-12(11)10-13/h1-10H,(H,20,21). The molecule has 0 aliphatic heterocycles. The zero-order valence-electron chi connectivity index (χ0n) is 10.9. The lowest BCUT2D eigenvalue weighted by Crippen LogP contribution is -2.14. The molecule has 0 saturated carbocycles. The van der Waals surface area contributed by atoms with E-state index in [2.05, 4.69) is 5.32 Å². The topological polar surface area (TPSA) is 29.1 Å². The van der Waals surface area contributed by atoms with E-state index < -0.39 is 23.2 Å². The number of para-hydroxylation sites is 1.